The van der Waals surface area contributed by atoms with Crippen molar-refractivity contribution in [2.45, 2.75) is 25.4 Å². The predicted octanol–water partition coefficient (Wildman–Crippen LogP) is 2.42. The summed E-state index contributed by atoms with van der Waals surface area (Å²) in [4.78, 5) is 4.27. The molecule has 6 nitrogen and oxygen atoms in total. The Kier molecular flexibility index (Phi) is 3.53. The van der Waals surface area contributed by atoms with E-state index in [4.69, 9.17) is 5.73 Å². The Bertz CT molecular complexity index is 758. The fourth-order valence-electron chi connectivity index (χ4n) is 1.79. The molecular weight excluding hydrogens is 325 g/mol. The highest BCUT2D eigenvalue weighted by atomic mass is 32.1. The molecule has 0 spiro atoms. The van der Waals surface area contributed by atoms with E-state index in [-0.39, 0.29) is 4.96 Å². The lowest BCUT2D eigenvalue weighted by Gasteiger charge is -2.00. The molecule has 0 radical (unpaired) electrons. The Morgan fingerprint density at radius 1 is 1.24 bits per heavy atom. The Labute approximate surface area is 124 Å². The smallest absolute Gasteiger partial charge is 0.375 e. The van der Waals surface area contributed by atoms with E-state index < -0.39 is 12.0 Å². The number of rotatable bonds is 4. The standard InChI is InChI=1S/C10H9F3N6S2/c11-10(12,13)7-16-17-9-19(7)18-6(21-9)3-1-2-5-4-20-8(14)15-5/h4H,1-3H2,(H2,14,15). The molecule has 0 atom stereocenters. The van der Waals surface area contributed by atoms with Crippen LogP contribution in [0.25, 0.3) is 4.96 Å². The molecule has 0 aliphatic carbocycles. The van der Waals surface area contributed by atoms with Crippen molar-refractivity contribution in [3.63, 3.8) is 0 Å². The van der Waals surface area contributed by atoms with Gasteiger partial charge in [-0.05, 0) is 12.8 Å². The van der Waals surface area contributed by atoms with Crippen LogP contribution in [-0.4, -0.2) is 24.8 Å². The fraction of sp³-hybridized carbons (Fsp3) is 0.400. The van der Waals surface area contributed by atoms with Crippen LogP contribution < -0.4 is 5.73 Å². The largest absolute Gasteiger partial charge is 0.453 e. The number of nitrogens with two attached hydrogens (primary N) is 1. The first-order valence-corrected chi connectivity index (χ1v) is 7.61. The van der Waals surface area contributed by atoms with Crippen molar-refractivity contribution >= 4 is 32.8 Å². The Morgan fingerprint density at radius 2 is 2.05 bits per heavy atom. The molecule has 0 aromatic carbocycles. The van der Waals surface area contributed by atoms with Gasteiger partial charge >= 0.3 is 6.18 Å². The number of hydrogen-bond donors (Lipinski definition) is 1. The van der Waals surface area contributed by atoms with Crippen LogP contribution in [0.4, 0.5) is 18.3 Å². The van der Waals surface area contributed by atoms with Crippen molar-refractivity contribution in [1.29, 1.82) is 0 Å². The van der Waals surface area contributed by atoms with Gasteiger partial charge in [0.05, 0.1) is 5.69 Å². The molecule has 0 amide bonds. The summed E-state index contributed by atoms with van der Waals surface area (Å²) < 4.78 is 38.7. The van der Waals surface area contributed by atoms with Crippen LogP contribution in [0.1, 0.15) is 22.9 Å². The van der Waals surface area contributed by atoms with Gasteiger partial charge in [0.2, 0.25) is 4.96 Å². The van der Waals surface area contributed by atoms with Crippen molar-refractivity contribution in [1.82, 2.24) is 24.8 Å². The fourth-order valence-corrected chi connectivity index (χ4v) is 3.26. The molecule has 0 aliphatic rings. The maximum absolute atomic E-state index is 12.7. The summed E-state index contributed by atoms with van der Waals surface area (Å²) in [5.41, 5.74) is 6.41. The quantitative estimate of drug-likeness (QED) is 0.792. The third kappa shape index (κ3) is 2.97. The lowest BCUT2D eigenvalue weighted by atomic mass is 10.2. The monoisotopic (exact) mass is 334 g/mol. The van der Waals surface area contributed by atoms with Crippen LogP contribution in [0, 0.1) is 0 Å². The lowest BCUT2D eigenvalue weighted by molar-refractivity contribution is -0.146. The minimum absolute atomic E-state index is 0.148. The van der Waals surface area contributed by atoms with Gasteiger partial charge in [0.15, 0.2) is 5.13 Å². The van der Waals surface area contributed by atoms with E-state index in [1.54, 1.807) is 0 Å². The second-order valence-electron chi connectivity index (χ2n) is 4.24. The molecule has 0 saturated heterocycles. The van der Waals surface area contributed by atoms with E-state index in [0.717, 1.165) is 28.0 Å². The lowest BCUT2D eigenvalue weighted by Crippen LogP contribution is -2.11. The number of nitrogens with zero attached hydrogens (tertiary/aromatic N) is 5. The summed E-state index contributed by atoms with van der Waals surface area (Å²) in [5, 5.41) is 13.5. The summed E-state index contributed by atoms with van der Waals surface area (Å²) in [6.45, 7) is 0. The molecule has 0 bridgehead atoms. The summed E-state index contributed by atoms with van der Waals surface area (Å²) in [7, 11) is 0. The van der Waals surface area contributed by atoms with Gasteiger partial charge in [0.25, 0.3) is 5.82 Å². The first kappa shape index (κ1) is 14.2. The molecule has 0 saturated carbocycles. The molecule has 21 heavy (non-hydrogen) atoms. The average Bonchev–Trinajstić information content (AvgIpc) is 3.03. The average molecular weight is 334 g/mol. The zero-order valence-electron chi connectivity index (χ0n) is 10.5. The van der Waals surface area contributed by atoms with E-state index in [9.17, 15) is 13.2 Å². The Hall–Kier alpha value is -1.75. The van der Waals surface area contributed by atoms with Crippen molar-refractivity contribution < 1.29 is 13.2 Å². The molecule has 2 N–H and O–H groups in total. The van der Waals surface area contributed by atoms with Crippen LogP contribution in [-0.2, 0) is 19.0 Å². The number of thiazole rings is 1. The van der Waals surface area contributed by atoms with Crippen LogP contribution in [0.2, 0.25) is 0 Å². The van der Waals surface area contributed by atoms with Crippen LogP contribution in [0.5, 0.6) is 0 Å². The van der Waals surface area contributed by atoms with E-state index in [2.05, 4.69) is 20.3 Å². The number of hydrogen-bond acceptors (Lipinski definition) is 7. The van der Waals surface area contributed by atoms with E-state index in [0.29, 0.717) is 23.0 Å². The molecule has 11 heteroatoms. The van der Waals surface area contributed by atoms with Gasteiger partial charge in [-0.2, -0.15) is 22.8 Å². The van der Waals surface area contributed by atoms with Gasteiger partial charge in [-0.15, -0.1) is 21.5 Å². The number of anilines is 1. The third-order valence-corrected chi connectivity index (χ3v) is 4.36. The molecule has 0 fully saturated rings. The van der Waals surface area contributed by atoms with Gasteiger partial charge in [0.1, 0.15) is 5.01 Å². The number of halogens is 3. The van der Waals surface area contributed by atoms with Gasteiger partial charge < -0.3 is 5.73 Å². The molecule has 3 heterocycles. The van der Waals surface area contributed by atoms with Crippen LogP contribution in [0.3, 0.4) is 0 Å². The number of fused-ring (bicyclic) bond motifs is 1. The molecule has 3 aromatic rings. The Balaban J connectivity index is 1.69. The topological polar surface area (TPSA) is 82.0 Å². The summed E-state index contributed by atoms with van der Waals surface area (Å²) in [6.07, 6.45) is -2.56. The minimum atomic E-state index is -4.55. The highest BCUT2D eigenvalue weighted by molar-refractivity contribution is 7.16. The van der Waals surface area contributed by atoms with Gasteiger partial charge in [-0.25, -0.2) is 4.98 Å². The number of aromatic nitrogens is 5. The molecule has 112 valence electrons. The first-order chi connectivity index (χ1) is 9.93. The van der Waals surface area contributed by atoms with E-state index in [1.165, 1.54) is 11.3 Å². The summed E-state index contributed by atoms with van der Waals surface area (Å²) >= 11 is 2.48. The molecule has 3 aromatic heterocycles. The molecule has 0 aliphatic heterocycles. The first-order valence-electron chi connectivity index (χ1n) is 5.91. The van der Waals surface area contributed by atoms with Crippen molar-refractivity contribution in [3.05, 3.63) is 21.9 Å². The highest BCUT2D eigenvalue weighted by Gasteiger charge is 2.38. The van der Waals surface area contributed by atoms with E-state index >= 15 is 0 Å². The zero-order chi connectivity index (χ0) is 15.0. The normalized spacial score (nSPS) is 12.3. The van der Waals surface area contributed by atoms with Crippen molar-refractivity contribution in [3.8, 4) is 0 Å². The number of aryl methyl sites for hydroxylation is 2. The zero-order valence-corrected chi connectivity index (χ0v) is 12.1. The number of nitrogen functional groups attached to an aromatic ring is 1. The second kappa shape index (κ2) is 5.22. The third-order valence-electron chi connectivity index (χ3n) is 2.68. The van der Waals surface area contributed by atoms with Crippen molar-refractivity contribution in [2.75, 3.05) is 5.73 Å². The summed E-state index contributed by atoms with van der Waals surface area (Å²) in [5.74, 6) is -1.09. The van der Waals surface area contributed by atoms with Crippen LogP contribution in [0.15, 0.2) is 5.38 Å². The minimum Gasteiger partial charge on any atom is -0.375 e. The maximum atomic E-state index is 12.7. The number of alkyl halides is 3. The second-order valence-corrected chi connectivity index (χ2v) is 6.17. The van der Waals surface area contributed by atoms with E-state index in [1.807, 2.05) is 5.38 Å². The molecule has 3 rings (SSSR count). The maximum Gasteiger partial charge on any atom is 0.453 e. The van der Waals surface area contributed by atoms with Crippen LogP contribution >= 0.6 is 22.7 Å². The summed E-state index contributed by atoms with van der Waals surface area (Å²) in [6, 6.07) is 0. The Morgan fingerprint density at radius 3 is 2.71 bits per heavy atom. The molecular formula is C10H9F3N6S2. The van der Waals surface area contributed by atoms with Gasteiger partial charge in [-0.1, -0.05) is 11.3 Å². The van der Waals surface area contributed by atoms with Gasteiger partial charge in [0, 0.05) is 11.8 Å². The SMILES string of the molecule is Nc1nc(CCCc2nn3c(C(F)(F)F)nnc3s2)cs1. The van der Waals surface area contributed by atoms with Gasteiger partial charge in [-0.3, -0.25) is 0 Å². The highest BCUT2D eigenvalue weighted by Crippen LogP contribution is 2.29. The molecule has 0 unspecified atom stereocenters. The van der Waals surface area contributed by atoms with Crippen molar-refractivity contribution in [2.24, 2.45) is 0 Å². The predicted molar refractivity (Wildman–Crippen MR) is 72.2 cm³/mol.